The zero-order chi connectivity index (χ0) is 19.1. The Labute approximate surface area is 155 Å². The van der Waals surface area contributed by atoms with Gasteiger partial charge >= 0.3 is 0 Å². The maximum absolute atomic E-state index is 12.2. The van der Waals surface area contributed by atoms with Gasteiger partial charge in [0.05, 0.1) is 25.6 Å². The Hall–Kier alpha value is -3.75. The number of hydrogen-bond donors (Lipinski definition) is 1. The second-order valence-corrected chi connectivity index (χ2v) is 5.34. The van der Waals surface area contributed by atoms with Gasteiger partial charge in [0.25, 0.3) is 5.91 Å². The van der Waals surface area contributed by atoms with Gasteiger partial charge in [0.1, 0.15) is 6.33 Å². The molecule has 0 bridgehead atoms. The molecule has 0 spiro atoms. The normalized spacial score (nSPS) is 10.7. The predicted octanol–water partition coefficient (Wildman–Crippen LogP) is 1.83. The van der Waals surface area contributed by atoms with Crippen molar-refractivity contribution in [3.63, 3.8) is 0 Å². The van der Waals surface area contributed by atoms with Crippen LogP contribution in [-0.4, -0.2) is 46.0 Å². The molecule has 3 rings (SSSR count). The molecule has 0 aliphatic carbocycles. The Balaban J connectivity index is 1.64. The Morgan fingerprint density at radius 3 is 2.70 bits per heavy atom. The first-order valence-corrected chi connectivity index (χ1v) is 8.19. The smallest absolute Gasteiger partial charge is 0.271 e. The van der Waals surface area contributed by atoms with Crippen LogP contribution in [0.25, 0.3) is 5.69 Å². The maximum atomic E-state index is 12.2. The molecule has 1 aromatic heterocycles. The van der Waals surface area contributed by atoms with Crippen LogP contribution < -0.4 is 14.9 Å². The molecular formula is C18H18N6O3. The van der Waals surface area contributed by atoms with Crippen molar-refractivity contribution >= 4 is 12.1 Å². The molecule has 0 unspecified atom stereocenters. The number of hydrazone groups is 1. The van der Waals surface area contributed by atoms with E-state index >= 15 is 0 Å². The van der Waals surface area contributed by atoms with Gasteiger partial charge in [0.2, 0.25) is 0 Å². The lowest BCUT2D eigenvalue weighted by atomic mass is 10.2. The highest BCUT2D eigenvalue weighted by Crippen LogP contribution is 2.27. The van der Waals surface area contributed by atoms with E-state index in [0.29, 0.717) is 23.7 Å². The van der Waals surface area contributed by atoms with E-state index in [1.54, 1.807) is 43.5 Å². The SMILES string of the molecule is CCOc1cc(/C=N/NC(=O)c2ccc(-n3cnnn3)cc2)ccc1OC. The molecule has 27 heavy (non-hydrogen) atoms. The second kappa shape index (κ2) is 8.56. The van der Waals surface area contributed by atoms with Crippen LogP contribution in [-0.2, 0) is 0 Å². The van der Waals surface area contributed by atoms with Gasteiger partial charge in [0.15, 0.2) is 11.5 Å². The number of methoxy groups -OCH3 is 1. The van der Waals surface area contributed by atoms with Crippen LogP contribution >= 0.6 is 0 Å². The largest absolute Gasteiger partial charge is 0.493 e. The first kappa shape index (κ1) is 18.1. The molecule has 1 N–H and O–H groups in total. The number of carbonyl (C=O) groups is 1. The Morgan fingerprint density at radius 2 is 2.04 bits per heavy atom. The zero-order valence-corrected chi connectivity index (χ0v) is 14.9. The van der Waals surface area contributed by atoms with Crippen LogP contribution in [0.3, 0.4) is 0 Å². The van der Waals surface area contributed by atoms with Crippen molar-refractivity contribution in [3.8, 4) is 17.2 Å². The molecular weight excluding hydrogens is 348 g/mol. The van der Waals surface area contributed by atoms with E-state index in [2.05, 4.69) is 26.1 Å². The molecule has 138 valence electrons. The molecule has 3 aromatic rings. The van der Waals surface area contributed by atoms with E-state index in [4.69, 9.17) is 9.47 Å². The van der Waals surface area contributed by atoms with Gasteiger partial charge in [-0.05, 0) is 65.4 Å². The van der Waals surface area contributed by atoms with Crippen molar-refractivity contribution in [2.75, 3.05) is 13.7 Å². The van der Waals surface area contributed by atoms with Crippen LogP contribution in [0.2, 0.25) is 0 Å². The minimum atomic E-state index is -0.326. The summed E-state index contributed by atoms with van der Waals surface area (Å²) < 4.78 is 12.3. The van der Waals surface area contributed by atoms with Crippen molar-refractivity contribution in [2.24, 2.45) is 5.10 Å². The van der Waals surface area contributed by atoms with E-state index in [-0.39, 0.29) is 5.91 Å². The highest BCUT2D eigenvalue weighted by atomic mass is 16.5. The third-order valence-corrected chi connectivity index (χ3v) is 3.61. The molecule has 9 heteroatoms. The number of nitrogens with one attached hydrogen (secondary N) is 1. The van der Waals surface area contributed by atoms with Gasteiger partial charge in [-0.3, -0.25) is 4.79 Å². The van der Waals surface area contributed by atoms with Crippen LogP contribution in [0.4, 0.5) is 0 Å². The molecule has 1 heterocycles. The number of carbonyl (C=O) groups excluding carboxylic acids is 1. The van der Waals surface area contributed by atoms with Crippen molar-refractivity contribution in [3.05, 3.63) is 59.9 Å². The molecule has 1 amide bonds. The number of rotatable bonds is 7. The summed E-state index contributed by atoms with van der Waals surface area (Å²) in [7, 11) is 1.58. The summed E-state index contributed by atoms with van der Waals surface area (Å²) in [6.07, 6.45) is 3.01. The molecule has 2 aromatic carbocycles. The number of ether oxygens (including phenoxy) is 2. The number of aromatic nitrogens is 4. The summed E-state index contributed by atoms with van der Waals surface area (Å²) in [5.41, 5.74) is 4.48. The Morgan fingerprint density at radius 1 is 1.22 bits per heavy atom. The lowest BCUT2D eigenvalue weighted by Gasteiger charge is -2.09. The van der Waals surface area contributed by atoms with Gasteiger partial charge in [-0.15, -0.1) is 5.10 Å². The monoisotopic (exact) mass is 366 g/mol. The summed E-state index contributed by atoms with van der Waals surface area (Å²) in [6.45, 7) is 2.42. The fourth-order valence-corrected chi connectivity index (χ4v) is 2.32. The molecule has 9 nitrogen and oxygen atoms in total. The van der Waals surface area contributed by atoms with Crippen molar-refractivity contribution < 1.29 is 14.3 Å². The van der Waals surface area contributed by atoms with E-state index in [0.717, 1.165) is 11.3 Å². The fourth-order valence-electron chi connectivity index (χ4n) is 2.32. The zero-order valence-electron chi connectivity index (χ0n) is 14.9. The van der Waals surface area contributed by atoms with Gasteiger partial charge in [-0.1, -0.05) is 0 Å². The third-order valence-electron chi connectivity index (χ3n) is 3.61. The number of amides is 1. The van der Waals surface area contributed by atoms with Crippen LogP contribution in [0.15, 0.2) is 53.9 Å². The van der Waals surface area contributed by atoms with E-state index in [1.807, 2.05) is 13.0 Å². The van der Waals surface area contributed by atoms with Gasteiger partial charge in [-0.25, -0.2) is 10.1 Å². The van der Waals surface area contributed by atoms with Crippen LogP contribution in [0, 0.1) is 0 Å². The van der Waals surface area contributed by atoms with Gasteiger partial charge in [-0.2, -0.15) is 5.10 Å². The van der Waals surface area contributed by atoms with Crippen LogP contribution in [0.5, 0.6) is 11.5 Å². The highest BCUT2D eigenvalue weighted by Gasteiger charge is 2.06. The molecule has 0 fully saturated rings. The maximum Gasteiger partial charge on any atom is 0.271 e. The number of benzene rings is 2. The van der Waals surface area contributed by atoms with Gasteiger partial charge in [0, 0.05) is 5.56 Å². The molecule has 0 aliphatic heterocycles. The van der Waals surface area contributed by atoms with Crippen LogP contribution in [0.1, 0.15) is 22.8 Å². The molecule has 0 saturated heterocycles. The molecule has 0 saturated carbocycles. The quantitative estimate of drug-likeness (QED) is 0.505. The van der Waals surface area contributed by atoms with E-state index in [1.165, 1.54) is 17.2 Å². The summed E-state index contributed by atoms with van der Waals surface area (Å²) in [5.74, 6) is 0.933. The van der Waals surface area contributed by atoms with Gasteiger partial charge < -0.3 is 9.47 Å². The number of nitrogens with zero attached hydrogens (tertiary/aromatic N) is 5. The fraction of sp³-hybridized carbons (Fsp3) is 0.167. The highest BCUT2D eigenvalue weighted by molar-refractivity contribution is 5.95. The average molecular weight is 366 g/mol. The first-order valence-electron chi connectivity index (χ1n) is 8.19. The van der Waals surface area contributed by atoms with Crippen molar-refractivity contribution in [2.45, 2.75) is 6.92 Å². The van der Waals surface area contributed by atoms with E-state index < -0.39 is 0 Å². The Kier molecular flexibility index (Phi) is 5.73. The third kappa shape index (κ3) is 4.46. The lowest BCUT2D eigenvalue weighted by molar-refractivity contribution is 0.0955. The average Bonchev–Trinajstić information content (AvgIpc) is 3.23. The topological polar surface area (TPSA) is 104 Å². The summed E-state index contributed by atoms with van der Waals surface area (Å²) in [4.78, 5) is 12.2. The summed E-state index contributed by atoms with van der Waals surface area (Å²) in [6, 6.07) is 12.2. The lowest BCUT2D eigenvalue weighted by Crippen LogP contribution is -2.17. The summed E-state index contributed by atoms with van der Waals surface area (Å²) >= 11 is 0. The Bertz CT molecular complexity index is 923. The number of tetrazole rings is 1. The molecule has 0 aliphatic rings. The number of hydrogen-bond acceptors (Lipinski definition) is 7. The van der Waals surface area contributed by atoms with E-state index in [9.17, 15) is 4.79 Å². The molecule has 0 radical (unpaired) electrons. The molecule has 0 atom stereocenters. The van der Waals surface area contributed by atoms with Crippen molar-refractivity contribution in [1.82, 2.24) is 25.6 Å². The first-order chi connectivity index (χ1) is 13.2. The predicted molar refractivity (Wildman–Crippen MR) is 98.4 cm³/mol. The summed E-state index contributed by atoms with van der Waals surface area (Å²) in [5, 5.41) is 14.9. The second-order valence-electron chi connectivity index (χ2n) is 5.34. The standard InChI is InChI=1S/C18H18N6O3/c1-3-27-17-10-13(4-9-16(17)26-2)11-19-21-18(25)14-5-7-15(8-6-14)24-12-20-22-23-24/h4-12H,3H2,1-2H3,(H,21,25)/b19-11+. The minimum Gasteiger partial charge on any atom is -0.493 e. The minimum absolute atomic E-state index is 0.326. The van der Waals surface area contributed by atoms with Crippen molar-refractivity contribution in [1.29, 1.82) is 0 Å².